The summed E-state index contributed by atoms with van der Waals surface area (Å²) in [6, 6.07) is 15.4. The number of benzene rings is 3. The molecular formula is C23H21F2N5O3S. The number of nitrogens with zero attached hydrogens (tertiary/aromatic N) is 1. The summed E-state index contributed by atoms with van der Waals surface area (Å²) in [5.41, 5.74) is 6.60. The minimum atomic E-state index is -4.10. The molecule has 0 spiro atoms. The van der Waals surface area contributed by atoms with Crippen LogP contribution < -0.4 is 22.0 Å². The molecule has 3 aromatic carbocycles. The highest BCUT2D eigenvalue weighted by atomic mass is 32.2. The Morgan fingerprint density at radius 3 is 2.18 bits per heavy atom. The molecule has 0 radical (unpaired) electrons. The molecular weight excluding hydrogens is 464 g/mol. The quantitative estimate of drug-likeness (QED) is 0.139. The van der Waals surface area contributed by atoms with E-state index < -0.39 is 27.6 Å². The fraction of sp³-hybridized carbons (Fsp3) is 0.0435. The smallest absolute Gasteiger partial charge is 0.284 e. The van der Waals surface area contributed by atoms with Gasteiger partial charge in [0, 0.05) is 22.4 Å². The molecule has 0 bridgehead atoms. The highest BCUT2D eigenvalue weighted by Crippen LogP contribution is 2.30. The van der Waals surface area contributed by atoms with E-state index in [1.165, 1.54) is 43.3 Å². The van der Waals surface area contributed by atoms with E-state index in [2.05, 4.69) is 10.4 Å². The Kier molecular flexibility index (Phi) is 7.08. The van der Waals surface area contributed by atoms with Crippen LogP contribution in [0.15, 0.2) is 82.6 Å². The van der Waals surface area contributed by atoms with Crippen molar-refractivity contribution in [3.8, 4) is 11.1 Å². The highest BCUT2D eigenvalue weighted by molar-refractivity contribution is 7.89. The van der Waals surface area contributed by atoms with E-state index in [9.17, 15) is 22.0 Å². The van der Waals surface area contributed by atoms with Crippen LogP contribution in [-0.4, -0.2) is 20.2 Å². The maximum absolute atomic E-state index is 14.8. The lowest BCUT2D eigenvalue weighted by atomic mass is 10.0. The number of hydrazone groups is 1. The lowest BCUT2D eigenvalue weighted by Gasteiger charge is -2.11. The lowest BCUT2D eigenvalue weighted by molar-refractivity contribution is -0.114. The van der Waals surface area contributed by atoms with E-state index in [1.807, 2.05) is 0 Å². The van der Waals surface area contributed by atoms with E-state index in [-0.39, 0.29) is 33.1 Å². The average molecular weight is 486 g/mol. The molecule has 0 aromatic heterocycles. The van der Waals surface area contributed by atoms with Crippen molar-refractivity contribution >= 4 is 33.0 Å². The van der Waals surface area contributed by atoms with Gasteiger partial charge in [-0.1, -0.05) is 42.5 Å². The van der Waals surface area contributed by atoms with Crippen molar-refractivity contribution in [3.63, 3.8) is 0 Å². The summed E-state index contributed by atoms with van der Waals surface area (Å²) in [4.78, 5) is 12.1. The van der Waals surface area contributed by atoms with Gasteiger partial charge in [-0.05, 0) is 42.3 Å². The van der Waals surface area contributed by atoms with Crippen molar-refractivity contribution in [2.75, 3.05) is 5.32 Å². The van der Waals surface area contributed by atoms with Crippen LogP contribution in [0.5, 0.6) is 0 Å². The summed E-state index contributed by atoms with van der Waals surface area (Å²) in [6.07, 6.45) is 0. The molecule has 3 aromatic rings. The third-order valence-corrected chi connectivity index (χ3v) is 5.96. The number of carbonyl (C=O) groups is 1. The number of rotatable bonds is 6. The molecule has 0 saturated carbocycles. The molecule has 11 heteroatoms. The molecule has 7 N–H and O–H groups in total. The summed E-state index contributed by atoms with van der Waals surface area (Å²) in [6.45, 7) is 1.41. The van der Waals surface area contributed by atoms with Gasteiger partial charge in [0.15, 0.2) is 5.83 Å². The number of amidine groups is 1. The van der Waals surface area contributed by atoms with E-state index >= 15 is 0 Å². The molecule has 0 aliphatic carbocycles. The van der Waals surface area contributed by atoms with Gasteiger partial charge in [-0.2, -0.15) is 5.10 Å². The van der Waals surface area contributed by atoms with E-state index in [1.54, 1.807) is 24.3 Å². The second kappa shape index (κ2) is 9.81. The van der Waals surface area contributed by atoms with E-state index in [0.29, 0.717) is 11.1 Å². The summed E-state index contributed by atoms with van der Waals surface area (Å²) in [7, 11) is -4.10. The van der Waals surface area contributed by atoms with Crippen LogP contribution >= 0.6 is 0 Å². The van der Waals surface area contributed by atoms with Crippen LogP contribution in [0.4, 0.5) is 14.5 Å². The fourth-order valence-corrected chi connectivity index (χ4v) is 3.95. The first-order chi connectivity index (χ1) is 16.0. The van der Waals surface area contributed by atoms with Gasteiger partial charge in [0.2, 0.25) is 10.0 Å². The predicted molar refractivity (Wildman–Crippen MR) is 127 cm³/mol. The van der Waals surface area contributed by atoms with Crippen LogP contribution in [0.3, 0.4) is 0 Å². The zero-order valence-corrected chi connectivity index (χ0v) is 18.7. The van der Waals surface area contributed by atoms with Gasteiger partial charge < -0.3 is 16.9 Å². The first-order valence-corrected chi connectivity index (χ1v) is 11.3. The third kappa shape index (κ3) is 5.27. The summed E-state index contributed by atoms with van der Waals surface area (Å²) >= 11 is 0. The Hall–Kier alpha value is -4.09. The zero-order chi connectivity index (χ0) is 25.0. The molecule has 176 valence electrons. The number of amides is 1. The summed E-state index contributed by atoms with van der Waals surface area (Å²) in [5.74, 6) is 2.24. The van der Waals surface area contributed by atoms with Crippen molar-refractivity contribution in [1.82, 2.24) is 0 Å². The van der Waals surface area contributed by atoms with Gasteiger partial charge in [-0.15, -0.1) is 0 Å². The standard InChI is InChI=1S/C23H21F2N5O3S/c1-13(14-6-8-15(9-7-14)22(26)30-27)21(25)23(31)29-16-10-11-17(19(24)12-16)18-4-2-3-5-20(18)34(28,32)33/h2-12H,27H2,1H3,(H2,26,30)(H,29,31)(H2,28,32,33)/b21-13+. The zero-order valence-electron chi connectivity index (χ0n) is 17.9. The minimum absolute atomic E-state index is 0.0236. The van der Waals surface area contributed by atoms with Gasteiger partial charge in [0.25, 0.3) is 5.91 Å². The molecule has 3 rings (SSSR count). The number of hydrogen-bond donors (Lipinski definition) is 4. The number of carbonyl (C=O) groups excluding carboxylic acids is 1. The predicted octanol–water partition coefficient (Wildman–Crippen LogP) is 3.06. The van der Waals surface area contributed by atoms with Gasteiger partial charge in [0.1, 0.15) is 11.7 Å². The van der Waals surface area contributed by atoms with Crippen LogP contribution in [0.25, 0.3) is 16.7 Å². The molecule has 0 atom stereocenters. The van der Waals surface area contributed by atoms with Crippen LogP contribution in [0.1, 0.15) is 18.1 Å². The third-order valence-electron chi connectivity index (χ3n) is 4.99. The average Bonchev–Trinajstić information content (AvgIpc) is 2.82. The number of sulfonamides is 1. The second-order valence-electron chi connectivity index (χ2n) is 7.22. The number of halogens is 2. The van der Waals surface area contributed by atoms with Crippen molar-refractivity contribution in [2.24, 2.45) is 21.8 Å². The van der Waals surface area contributed by atoms with Crippen LogP contribution in [0, 0.1) is 5.82 Å². The Balaban J connectivity index is 1.85. The maximum atomic E-state index is 14.8. The molecule has 0 heterocycles. The SMILES string of the molecule is C/C(=C(\F)C(=O)Nc1ccc(-c2ccccc2S(N)(=O)=O)c(F)c1)c1ccc(/C(N)=N/N)cc1. The summed E-state index contributed by atoms with van der Waals surface area (Å²) in [5, 5.41) is 10.9. The fourth-order valence-electron chi connectivity index (χ4n) is 3.20. The van der Waals surface area contributed by atoms with Gasteiger partial charge >= 0.3 is 0 Å². The van der Waals surface area contributed by atoms with Crippen molar-refractivity contribution in [3.05, 3.63) is 89.5 Å². The maximum Gasteiger partial charge on any atom is 0.284 e. The molecule has 0 aliphatic heterocycles. The van der Waals surface area contributed by atoms with Crippen molar-refractivity contribution in [1.29, 1.82) is 0 Å². The normalized spacial score (nSPS) is 12.8. The topological polar surface area (TPSA) is 154 Å². The van der Waals surface area contributed by atoms with Crippen LogP contribution in [-0.2, 0) is 14.8 Å². The lowest BCUT2D eigenvalue weighted by Crippen LogP contribution is -2.15. The number of nitrogens with two attached hydrogens (primary N) is 3. The molecule has 8 nitrogen and oxygen atoms in total. The van der Waals surface area contributed by atoms with E-state index in [4.69, 9.17) is 16.7 Å². The molecule has 0 fully saturated rings. The second-order valence-corrected chi connectivity index (χ2v) is 8.75. The monoisotopic (exact) mass is 485 g/mol. The van der Waals surface area contributed by atoms with Crippen molar-refractivity contribution < 1.29 is 22.0 Å². The molecule has 1 amide bonds. The Morgan fingerprint density at radius 1 is 0.971 bits per heavy atom. The molecule has 0 unspecified atom stereocenters. The highest BCUT2D eigenvalue weighted by Gasteiger charge is 2.19. The van der Waals surface area contributed by atoms with Gasteiger partial charge in [-0.3, -0.25) is 4.79 Å². The molecule has 0 aliphatic rings. The van der Waals surface area contributed by atoms with E-state index in [0.717, 1.165) is 6.07 Å². The number of nitrogens with one attached hydrogen (secondary N) is 1. The van der Waals surface area contributed by atoms with Gasteiger partial charge in [0.05, 0.1) is 4.90 Å². The Bertz CT molecular complexity index is 1420. The molecule has 34 heavy (non-hydrogen) atoms. The number of primary sulfonamides is 1. The number of anilines is 1. The number of hydrogen-bond acceptors (Lipinski definition) is 5. The number of allylic oxidation sites excluding steroid dienone is 1. The Morgan fingerprint density at radius 2 is 1.59 bits per heavy atom. The Labute approximate surface area is 194 Å². The first-order valence-electron chi connectivity index (χ1n) is 9.76. The minimum Gasteiger partial charge on any atom is -0.382 e. The van der Waals surface area contributed by atoms with Crippen LogP contribution in [0.2, 0.25) is 0 Å². The largest absolute Gasteiger partial charge is 0.382 e. The van der Waals surface area contributed by atoms with Gasteiger partial charge in [-0.25, -0.2) is 22.3 Å². The summed E-state index contributed by atoms with van der Waals surface area (Å²) < 4.78 is 53.1. The molecule has 0 saturated heterocycles. The first kappa shape index (κ1) is 24.6. The van der Waals surface area contributed by atoms with Crippen molar-refractivity contribution in [2.45, 2.75) is 11.8 Å².